The molecule has 0 aromatic heterocycles. The van der Waals surface area contributed by atoms with Gasteiger partial charge >= 0.3 is 0 Å². The van der Waals surface area contributed by atoms with Crippen molar-refractivity contribution in [2.75, 3.05) is 5.75 Å². The summed E-state index contributed by atoms with van der Waals surface area (Å²) in [4.78, 5) is 0. The highest BCUT2D eigenvalue weighted by atomic mass is 32.2. The van der Waals surface area contributed by atoms with Gasteiger partial charge in [0.05, 0.1) is 5.75 Å². The van der Waals surface area contributed by atoms with Crippen LogP contribution in [0.25, 0.3) is 0 Å². The van der Waals surface area contributed by atoms with Crippen LogP contribution in [0.15, 0.2) is 9.63 Å². The van der Waals surface area contributed by atoms with Crippen molar-refractivity contribution in [3.63, 3.8) is 0 Å². The van der Waals surface area contributed by atoms with Crippen molar-refractivity contribution >= 4 is 22.0 Å². The number of sulfonamides is 1. The lowest BCUT2D eigenvalue weighted by Crippen LogP contribution is -2.26. The van der Waals surface area contributed by atoms with E-state index in [1.54, 1.807) is 0 Å². The predicted octanol–water partition coefficient (Wildman–Crippen LogP) is -0.285. The average molecular weight is 167 g/mol. The van der Waals surface area contributed by atoms with Crippen LogP contribution in [-0.4, -0.2) is 19.5 Å². The minimum atomic E-state index is -3.48. The Hall–Kier alpha value is -0.140. The lowest BCUT2D eigenvalue weighted by molar-refractivity contribution is 0.587. The summed E-state index contributed by atoms with van der Waals surface area (Å²) in [7, 11) is -3.48. The van der Waals surface area contributed by atoms with Crippen LogP contribution in [0, 0.1) is 0 Å². The van der Waals surface area contributed by atoms with Gasteiger partial charge in [-0.3, -0.25) is 0 Å². The zero-order chi connectivity index (χ0) is 6.91. The summed E-state index contributed by atoms with van der Waals surface area (Å²) < 4.78 is 24.3. The molecule has 1 aliphatic heterocycles. The van der Waals surface area contributed by atoms with E-state index in [0.717, 1.165) is 11.9 Å². The first-order chi connectivity index (χ1) is 4.11. The molecule has 0 saturated heterocycles. The van der Waals surface area contributed by atoms with Crippen molar-refractivity contribution < 1.29 is 8.42 Å². The van der Waals surface area contributed by atoms with Crippen molar-refractivity contribution in [1.82, 2.24) is 0 Å². The van der Waals surface area contributed by atoms with Crippen LogP contribution in [0.1, 0.15) is 0 Å². The minimum absolute atomic E-state index is 0.346. The molecule has 0 aliphatic carbocycles. The van der Waals surface area contributed by atoms with Crippen LogP contribution in [0.4, 0.5) is 0 Å². The van der Waals surface area contributed by atoms with Gasteiger partial charge in [-0.1, -0.05) is 0 Å². The Labute approximate surface area is 56.9 Å². The standard InChI is InChI=1S/C2H5N3O2S2/c3-9(6,7)2-1-8-5-4-2/h2H,1H2,(H2,3,6,7). The molecule has 1 unspecified atom stereocenters. The third-order valence-corrected chi connectivity index (χ3v) is 2.73. The molecule has 0 radical (unpaired) electrons. The topological polar surface area (TPSA) is 84.9 Å². The zero-order valence-corrected chi connectivity index (χ0v) is 6.02. The first-order valence-corrected chi connectivity index (χ1v) is 4.69. The van der Waals surface area contributed by atoms with Gasteiger partial charge in [-0.15, -0.1) is 4.52 Å². The Morgan fingerprint density at radius 3 is 2.56 bits per heavy atom. The molecule has 1 aliphatic rings. The molecule has 7 heteroatoms. The molecule has 0 spiro atoms. The molecule has 0 aromatic carbocycles. The fraction of sp³-hybridized carbons (Fsp3) is 1.00. The highest BCUT2D eigenvalue weighted by molar-refractivity contribution is 7.99. The van der Waals surface area contributed by atoms with E-state index < -0.39 is 15.4 Å². The van der Waals surface area contributed by atoms with Crippen LogP contribution < -0.4 is 5.14 Å². The summed E-state index contributed by atoms with van der Waals surface area (Å²) in [5.74, 6) is 0.346. The molecule has 0 bridgehead atoms. The molecule has 0 saturated carbocycles. The Morgan fingerprint density at radius 2 is 2.33 bits per heavy atom. The Morgan fingerprint density at radius 1 is 1.67 bits per heavy atom. The van der Waals surface area contributed by atoms with Gasteiger partial charge in [-0.05, 0) is 0 Å². The second-order valence-corrected chi connectivity index (χ2v) is 4.01. The molecule has 52 valence electrons. The summed E-state index contributed by atoms with van der Waals surface area (Å²) in [5, 5.41) is 7.31. The SMILES string of the molecule is NS(=O)(=O)C1CSN=N1. The fourth-order valence-electron chi connectivity index (χ4n) is 0.377. The molecule has 1 atom stereocenters. The smallest absolute Gasteiger partial charge is 0.227 e. The van der Waals surface area contributed by atoms with Crippen molar-refractivity contribution in [2.24, 2.45) is 14.8 Å². The van der Waals surface area contributed by atoms with Gasteiger partial charge in [0.2, 0.25) is 10.0 Å². The molecule has 5 nitrogen and oxygen atoms in total. The second-order valence-electron chi connectivity index (χ2n) is 1.54. The molecule has 1 heterocycles. The minimum Gasteiger partial charge on any atom is -0.227 e. The first kappa shape index (κ1) is 6.97. The van der Waals surface area contributed by atoms with E-state index in [0.29, 0.717) is 5.75 Å². The first-order valence-electron chi connectivity index (χ1n) is 2.14. The maximum Gasteiger partial charge on any atom is 0.235 e. The van der Waals surface area contributed by atoms with Crippen LogP contribution >= 0.6 is 11.9 Å². The lowest BCUT2D eigenvalue weighted by atomic mass is 10.8. The third-order valence-electron chi connectivity index (χ3n) is 0.830. The van der Waals surface area contributed by atoms with E-state index in [2.05, 4.69) is 9.63 Å². The normalized spacial score (nSPS) is 27.0. The van der Waals surface area contributed by atoms with Crippen LogP contribution in [0.2, 0.25) is 0 Å². The van der Waals surface area contributed by atoms with E-state index in [1.165, 1.54) is 0 Å². The average Bonchev–Trinajstić information content (AvgIpc) is 2.08. The summed E-state index contributed by atoms with van der Waals surface area (Å²) in [6.07, 6.45) is 0. The van der Waals surface area contributed by atoms with Gasteiger partial charge in [0.25, 0.3) is 0 Å². The molecule has 1 rings (SSSR count). The largest absolute Gasteiger partial charge is 0.235 e. The number of rotatable bonds is 1. The van der Waals surface area contributed by atoms with Crippen LogP contribution in [0.5, 0.6) is 0 Å². The highest BCUT2D eigenvalue weighted by Gasteiger charge is 2.24. The molecular weight excluding hydrogens is 162 g/mol. The maximum absolute atomic E-state index is 10.4. The molecule has 0 aromatic rings. The fourth-order valence-corrected chi connectivity index (χ4v) is 2.00. The molecular formula is C2H5N3O2S2. The third kappa shape index (κ3) is 1.63. The molecule has 0 amide bonds. The Balaban J connectivity index is 2.76. The monoisotopic (exact) mass is 167 g/mol. The summed E-state index contributed by atoms with van der Waals surface area (Å²) in [6, 6.07) is 0. The van der Waals surface area contributed by atoms with Crippen molar-refractivity contribution in [3.05, 3.63) is 0 Å². The number of nitrogens with two attached hydrogens (primary N) is 1. The van der Waals surface area contributed by atoms with E-state index in [1.807, 2.05) is 0 Å². The summed E-state index contributed by atoms with van der Waals surface area (Å²) in [5.41, 5.74) is 0. The quantitative estimate of drug-likeness (QED) is 0.545. The second kappa shape index (κ2) is 2.24. The number of hydrogen-bond donors (Lipinski definition) is 1. The summed E-state index contributed by atoms with van der Waals surface area (Å²) in [6.45, 7) is 0. The predicted molar refractivity (Wildman–Crippen MR) is 34.2 cm³/mol. The van der Waals surface area contributed by atoms with E-state index >= 15 is 0 Å². The number of primary sulfonamides is 1. The number of hydrogen-bond acceptors (Lipinski definition) is 5. The maximum atomic E-state index is 10.4. The molecule has 2 N–H and O–H groups in total. The van der Waals surface area contributed by atoms with E-state index in [9.17, 15) is 8.42 Å². The highest BCUT2D eigenvalue weighted by Crippen LogP contribution is 2.18. The van der Waals surface area contributed by atoms with E-state index in [-0.39, 0.29) is 0 Å². The lowest BCUT2D eigenvalue weighted by Gasteiger charge is -1.97. The van der Waals surface area contributed by atoms with Gasteiger partial charge in [-0.25, -0.2) is 13.6 Å². The Bertz CT molecular complexity index is 220. The van der Waals surface area contributed by atoms with Crippen molar-refractivity contribution in [2.45, 2.75) is 5.37 Å². The zero-order valence-electron chi connectivity index (χ0n) is 4.39. The van der Waals surface area contributed by atoms with Gasteiger partial charge < -0.3 is 0 Å². The van der Waals surface area contributed by atoms with Gasteiger partial charge in [0, 0.05) is 11.9 Å². The molecule has 9 heavy (non-hydrogen) atoms. The van der Waals surface area contributed by atoms with E-state index in [4.69, 9.17) is 5.14 Å². The van der Waals surface area contributed by atoms with Gasteiger partial charge in [0.1, 0.15) is 0 Å². The van der Waals surface area contributed by atoms with Gasteiger partial charge in [-0.2, -0.15) is 5.11 Å². The summed E-state index contributed by atoms with van der Waals surface area (Å²) >= 11 is 1.11. The van der Waals surface area contributed by atoms with Gasteiger partial charge in [0.15, 0.2) is 5.37 Å². The van der Waals surface area contributed by atoms with Crippen LogP contribution in [0.3, 0.4) is 0 Å². The number of nitrogens with zero attached hydrogens (tertiary/aromatic N) is 2. The van der Waals surface area contributed by atoms with Crippen molar-refractivity contribution in [3.8, 4) is 0 Å². The van der Waals surface area contributed by atoms with Crippen LogP contribution in [-0.2, 0) is 10.0 Å². The Kier molecular flexibility index (Phi) is 1.73. The molecule has 0 fully saturated rings. The van der Waals surface area contributed by atoms with Crippen molar-refractivity contribution in [1.29, 1.82) is 0 Å².